The molecule has 2 heterocycles. The lowest BCUT2D eigenvalue weighted by molar-refractivity contribution is -0.159. The number of hydrogen-bond donors (Lipinski definition) is 3. The summed E-state index contributed by atoms with van der Waals surface area (Å²) < 4.78 is 1.85. The van der Waals surface area contributed by atoms with Gasteiger partial charge in [-0.1, -0.05) is 43.3 Å². The van der Waals surface area contributed by atoms with Crippen molar-refractivity contribution in [2.24, 2.45) is 0 Å². The van der Waals surface area contributed by atoms with Crippen LogP contribution in [-0.2, 0) is 29.1 Å². The first-order valence-corrected chi connectivity index (χ1v) is 10.6. The number of nitrogens with zero attached hydrogens (tertiary/aromatic N) is 4. The minimum Gasteiger partial charge on any atom is -0.473 e. The van der Waals surface area contributed by atoms with Gasteiger partial charge in [-0.2, -0.15) is 5.10 Å². The summed E-state index contributed by atoms with van der Waals surface area (Å²) in [6, 6.07) is 17.3. The van der Waals surface area contributed by atoms with Crippen molar-refractivity contribution >= 4 is 22.8 Å². The van der Waals surface area contributed by atoms with Crippen molar-refractivity contribution in [3.05, 3.63) is 84.1 Å². The molecule has 0 saturated carbocycles. The largest absolute Gasteiger partial charge is 0.473 e. The summed E-state index contributed by atoms with van der Waals surface area (Å²) in [5.74, 6) is -3.65. The quantitative estimate of drug-likeness (QED) is 0.353. The zero-order chi connectivity index (χ0) is 23.6. The van der Waals surface area contributed by atoms with Crippen LogP contribution in [0.25, 0.3) is 10.9 Å². The number of nitrogens with one attached hydrogen (secondary N) is 1. The molecule has 0 aliphatic heterocycles. The van der Waals surface area contributed by atoms with Gasteiger partial charge in [-0.15, -0.1) is 0 Å². The van der Waals surface area contributed by atoms with Crippen LogP contribution < -0.4 is 0 Å². The second-order valence-electron chi connectivity index (χ2n) is 7.50. The molecule has 0 spiro atoms. The highest BCUT2D eigenvalue weighted by atomic mass is 16.4. The zero-order valence-electron chi connectivity index (χ0n) is 18.4. The van der Waals surface area contributed by atoms with Gasteiger partial charge >= 0.3 is 11.9 Å². The molecule has 4 aromatic rings. The van der Waals surface area contributed by atoms with E-state index in [1.165, 1.54) is 27.6 Å². The number of carbonyl (C=O) groups is 2. The van der Waals surface area contributed by atoms with Crippen LogP contribution >= 0.6 is 0 Å². The van der Waals surface area contributed by atoms with Gasteiger partial charge in [-0.3, -0.25) is 4.90 Å². The third-order valence-electron chi connectivity index (χ3n) is 5.22. The Bertz CT molecular complexity index is 1160. The minimum atomic E-state index is -1.82. The van der Waals surface area contributed by atoms with E-state index in [2.05, 4.69) is 81.6 Å². The van der Waals surface area contributed by atoms with Crippen molar-refractivity contribution in [2.75, 3.05) is 13.1 Å². The number of carboxylic acids is 2. The van der Waals surface area contributed by atoms with Crippen molar-refractivity contribution in [1.82, 2.24) is 24.6 Å². The Morgan fingerprint density at radius 2 is 1.82 bits per heavy atom. The van der Waals surface area contributed by atoms with Gasteiger partial charge in [0.25, 0.3) is 0 Å². The van der Waals surface area contributed by atoms with E-state index in [0.717, 1.165) is 32.6 Å². The molecule has 0 bridgehead atoms. The summed E-state index contributed by atoms with van der Waals surface area (Å²) >= 11 is 0. The molecule has 4 rings (SSSR count). The fourth-order valence-corrected chi connectivity index (χ4v) is 3.50. The predicted octanol–water partition coefficient (Wildman–Crippen LogP) is 3.03. The lowest BCUT2D eigenvalue weighted by Crippen LogP contribution is -2.25. The van der Waals surface area contributed by atoms with Crippen molar-refractivity contribution in [1.29, 1.82) is 0 Å². The molecule has 9 heteroatoms. The van der Waals surface area contributed by atoms with E-state index >= 15 is 0 Å². The molecule has 33 heavy (non-hydrogen) atoms. The van der Waals surface area contributed by atoms with Gasteiger partial charge in [-0.25, -0.2) is 19.3 Å². The van der Waals surface area contributed by atoms with Gasteiger partial charge in [0.2, 0.25) is 0 Å². The Morgan fingerprint density at radius 1 is 1.06 bits per heavy atom. The predicted molar refractivity (Wildman–Crippen MR) is 124 cm³/mol. The van der Waals surface area contributed by atoms with Gasteiger partial charge in [0.05, 0.1) is 6.54 Å². The van der Waals surface area contributed by atoms with Crippen LogP contribution in [0.4, 0.5) is 0 Å². The summed E-state index contributed by atoms with van der Waals surface area (Å²) in [4.78, 5) is 28.1. The van der Waals surface area contributed by atoms with E-state index in [1.54, 1.807) is 12.7 Å². The number of hydrogen-bond acceptors (Lipinski definition) is 5. The maximum atomic E-state index is 9.10. The minimum absolute atomic E-state index is 0.746. The molecule has 0 fully saturated rings. The molecule has 0 aliphatic carbocycles. The molecule has 172 valence electrons. The Kier molecular flexibility index (Phi) is 8.31. The summed E-state index contributed by atoms with van der Waals surface area (Å²) in [5, 5.41) is 20.3. The van der Waals surface area contributed by atoms with Crippen LogP contribution in [0.2, 0.25) is 0 Å². The Hall–Kier alpha value is -3.98. The second kappa shape index (κ2) is 11.6. The number of aliphatic carboxylic acids is 2. The Morgan fingerprint density at radius 3 is 2.45 bits per heavy atom. The molecule has 9 nitrogen and oxygen atoms in total. The first-order valence-electron chi connectivity index (χ1n) is 10.6. The smallest absolute Gasteiger partial charge is 0.414 e. The van der Waals surface area contributed by atoms with Crippen LogP contribution in [0.15, 0.2) is 67.4 Å². The molecule has 0 amide bonds. The van der Waals surface area contributed by atoms with E-state index in [4.69, 9.17) is 19.8 Å². The van der Waals surface area contributed by atoms with Crippen molar-refractivity contribution in [3.63, 3.8) is 0 Å². The van der Waals surface area contributed by atoms with E-state index in [0.29, 0.717) is 0 Å². The van der Waals surface area contributed by atoms with Crippen molar-refractivity contribution in [2.45, 2.75) is 26.4 Å². The van der Waals surface area contributed by atoms with Crippen molar-refractivity contribution < 1.29 is 19.8 Å². The van der Waals surface area contributed by atoms with Crippen molar-refractivity contribution in [3.8, 4) is 0 Å². The SMILES string of the molecule is CCN(CCc1c[nH]c2ccc(Cn3cncn3)cc12)Cc1ccccc1.O=C(O)C(=O)O. The lowest BCUT2D eigenvalue weighted by atomic mass is 10.1. The van der Waals surface area contributed by atoms with Gasteiger partial charge < -0.3 is 15.2 Å². The number of fused-ring (bicyclic) bond motifs is 1. The fourth-order valence-electron chi connectivity index (χ4n) is 3.50. The molecular formula is C24H27N5O4. The highest BCUT2D eigenvalue weighted by Gasteiger charge is 2.09. The van der Waals surface area contributed by atoms with Gasteiger partial charge in [0, 0.05) is 30.2 Å². The van der Waals surface area contributed by atoms with E-state index in [-0.39, 0.29) is 0 Å². The lowest BCUT2D eigenvalue weighted by Gasteiger charge is -2.20. The molecule has 0 saturated heterocycles. The maximum Gasteiger partial charge on any atom is 0.414 e. The molecule has 2 aromatic heterocycles. The molecule has 3 N–H and O–H groups in total. The standard InChI is InChI=1S/C22H25N5.C2H2O4/c1-2-26(14-18-6-4-3-5-7-18)11-10-20-13-24-22-9-8-19(12-21(20)22)15-27-17-23-16-25-27;3-1(4)2(5)6/h3-9,12-13,16-17,24H,2,10-11,14-15H2,1H3;(H,3,4)(H,5,6). The highest BCUT2D eigenvalue weighted by Crippen LogP contribution is 2.21. The topological polar surface area (TPSA) is 124 Å². The first kappa shape index (κ1) is 23.7. The number of carboxylic acid groups (broad SMARTS) is 2. The second-order valence-corrected chi connectivity index (χ2v) is 7.50. The number of aromatic amines is 1. The van der Waals surface area contributed by atoms with Gasteiger partial charge in [-0.05, 0) is 41.8 Å². The molecule has 2 aromatic carbocycles. The number of likely N-dealkylation sites (N-methyl/N-ethyl adjacent to an activating group) is 1. The number of aromatic nitrogens is 4. The van der Waals surface area contributed by atoms with E-state index in [9.17, 15) is 0 Å². The molecule has 0 unspecified atom stereocenters. The number of rotatable bonds is 8. The van der Waals surface area contributed by atoms with Gasteiger partial charge in [0.15, 0.2) is 0 Å². The third-order valence-corrected chi connectivity index (χ3v) is 5.22. The zero-order valence-corrected chi connectivity index (χ0v) is 18.4. The van der Waals surface area contributed by atoms with Crippen LogP contribution in [0.1, 0.15) is 23.6 Å². The summed E-state index contributed by atoms with van der Waals surface area (Å²) in [5.41, 5.74) is 5.18. The van der Waals surface area contributed by atoms with E-state index in [1.807, 2.05) is 4.68 Å². The number of H-pyrrole nitrogens is 1. The maximum absolute atomic E-state index is 9.10. The summed E-state index contributed by atoms with van der Waals surface area (Å²) in [6.45, 7) is 6.07. The average Bonchev–Trinajstić information content (AvgIpc) is 3.47. The fraction of sp³-hybridized carbons (Fsp3) is 0.250. The van der Waals surface area contributed by atoms with E-state index < -0.39 is 11.9 Å². The monoisotopic (exact) mass is 449 g/mol. The molecule has 0 aliphatic rings. The van der Waals surface area contributed by atoms with Crippen LogP contribution in [0.3, 0.4) is 0 Å². The molecular weight excluding hydrogens is 422 g/mol. The summed E-state index contributed by atoms with van der Waals surface area (Å²) in [6.07, 6.45) is 6.52. The Balaban J connectivity index is 0.000000454. The third kappa shape index (κ3) is 7.01. The average molecular weight is 450 g/mol. The Labute approximate surface area is 191 Å². The molecule has 0 radical (unpaired) electrons. The van der Waals surface area contributed by atoms with Crippen LogP contribution in [-0.4, -0.2) is 59.9 Å². The number of benzene rings is 2. The van der Waals surface area contributed by atoms with Gasteiger partial charge in [0.1, 0.15) is 12.7 Å². The van der Waals surface area contributed by atoms with Crippen LogP contribution in [0.5, 0.6) is 0 Å². The molecule has 0 atom stereocenters. The normalized spacial score (nSPS) is 10.7. The van der Waals surface area contributed by atoms with Crippen LogP contribution in [0, 0.1) is 0 Å². The first-order chi connectivity index (χ1) is 16.0. The summed E-state index contributed by atoms with van der Waals surface area (Å²) in [7, 11) is 0. The highest BCUT2D eigenvalue weighted by molar-refractivity contribution is 6.27.